The maximum absolute atomic E-state index is 12.4. The normalized spacial score (nSPS) is 10.3. The Balaban J connectivity index is 2.92. The zero-order chi connectivity index (χ0) is 16.0. The summed E-state index contributed by atoms with van der Waals surface area (Å²) in [6.07, 6.45) is 0. The largest absolute Gasteiger partial charge is 0.480 e. The van der Waals surface area contributed by atoms with Crippen molar-refractivity contribution in [2.24, 2.45) is 0 Å². The van der Waals surface area contributed by atoms with Crippen LogP contribution >= 0.6 is 0 Å². The van der Waals surface area contributed by atoms with Crippen molar-refractivity contribution >= 4 is 17.7 Å². The van der Waals surface area contributed by atoms with Crippen LogP contribution in [0.2, 0.25) is 0 Å². The van der Waals surface area contributed by atoms with Gasteiger partial charge in [-0.2, -0.15) is 0 Å². The number of amides is 2. The molecule has 0 bridgehead atoms. The van der Waals surface area contributed by atoms with Gasteiger partial charge >= 0.3 is 12.0 Å². The van der Waals surface area contributed by atoms with Crippen LogP contribution in [0.15, 0.2) is 18.2 Å². The number of anilines is 1. The van der Waals surface area contributed by atoms with Crippen molar-refractivity contribution in [3.63, 3.8) is 0 Å². The lowest BCUT2D eigenvalue weighted by Gasteiger charge is -2.27. The summed E-state index contributed by atoms with van der Waals surface area (Å²) < 4.78 is 4.92. The number of methoxy groups -OCH3 is 1. The van der Waals surface area contributed by atoms with E-state index in [1.165, 1.54) is 16.9 Å². The molecule has 0 saturated carbocycles. The van der Waals surface area contributed by atoms with Gasteiger partial charge in [-0.25, -0.2) is 4.79 Å². The van der Waals surface area contributed by atoms with Gasteiger partial charge in [0.05, 0.1) is 6.61 Å². The summed E-state index contributed by atoms with van der Waals surface area (Å²) in [5.41, 5.74) is 2.84. The summed E-state index contributed by atoms with van der Waals surface area (Å²) in [5, 5.41) is 8.92. The van der Waals surface area contributed by atoms with Crippen LogP contribution in [0.25, 0.3) is 0 Å². The molecule has 0 atom stereocenters. The van der Waals surface area contributed by atoms with E-state index in [4.69, 9.17) is 9.84 Å². The van der Waals surface area contributed by atoms with Gasteiger partial charge in [0.15, 0.2) is 0 Å². The van der Waals surface area contributed by atoms with Gasteiger partial charge in [0.1, 0.15) is 6.54 Å². The van der Waals surface area contributed by atoms with Crippen LogP contribution in [-0.2, 0) is 9.53 Å². The molecule has 0 aliphatic heterocycles. The zero-order valence-corrected chi connectivity index (χ0v) is 12.9. The van der Waals surface area contributed by atoms with Crippen LogP contribution in [0.3, 0.4) is 0 Å². The van der Waals surface area contributed by atoms with Crippen LogP contribution in [0.1, 0.15) is 11.1 Å². The number of hydrogen-bond donors (Lipinski definition) is 1. The van der Waals surface area contributed by atoms with Crippen LogP contribution < -0.4 is 4.90 Å². The third-order valence-electron chi connectivity index (χ3n) is 3.04. The molecular weight excluding hydrogens is 272 g/mol. The Kier molecular flexibility index (Phi) is 6.17. The quantitative estimate of drug-likeness (QED) is 0.870. The van der Waals surface area contributed by atoms with E-state index >= 15 is 0 Å². The van der Waals surface area contributed by atoms with E-state index < -0.39 is 5.97 Å². The average Bonchev–Trinajstić information content (AvgIpc) is 2.40. The van der Waals surface area contributed by atoms with Crippen LogP contribution in [0.5, 0.6) is 0 Å². The number of urea groups is 1. The molecule has 0 heterocycles. The molecule has 6 heteroatoms. The topological polar surface area (TPSA) is 70.1 Å². The maximum atomic E-state index is 12.4. The Morgan fingerprint density at radius 2 is 1.76 bits per heavy atom. The van der Waals surface area contributed by atoms with Crippen molar-refractivity contribution in [3.8, 4) is 0 Å². The Morgan fingerprint density at radius 1 is 1.19 bits per heavy atom. The Hall–Kier alpha value is -2.08. The molecule has 0 aliphatic rings. The van der Waals surface area contributed by atoms with E-state index in [2.05, 4.69) is 0 Å². The molecule has 21 heavy (non-hydrogen) atoms. The van der Waals surface area contributed by atoms with E-state index in [0.29, 0.717) is 6.61 Å². The van der Waals surface area contributed by atoms with Crippen molar-refractivity contribution in [1.29, 1.82) is 0 Å². The number of aryl methyl sites for hydroxylation is 2. The Morgan fingerprint density at radius 3 is 2.24 bits per heavy atom. The molecule has 0 spiro atoms. The fourth-order valence-electron chi connectivity index (χ4n) is 2.07. The first-order chi connectivity index (χ1) is 9.85. The summed E-state index contributed by atoms with van der Waals surface area (Å²) in [6, 6.07) is 5.43. The van der Waals surface area contributed by atoms with E-state index in [1.807, 2.05) is 32.0 Å². The number of carboxylic acids is 1. The monoisotopic (exact) mass is 294 g/mol. The van der Waals surface area contributed by atoms with Gasteiger partial charge in [-0.15, -0.1) is 0 Å². The van der Waals surface area contributed by atoms with Crippen LogP contribution in [0, 0.1) is 13.8 Å². The molecule has 0 aliphatic carbocycles. The second-order valence-electron chi connectivity index (χ2n) is 5.00. The zero-order valence-electron chi connectivity index (χ0n) is 12.9. The minimum Gasteiger partial charge on any atom is -0.480 e. The maximum Gasteiger partial charge on any atom is 0.324 e. The molecule has 6 nitrogen and oxygen atoms in total. The molecule has 0 aromatic heterocycles. The minimum absolute atomic E-state index is 0.233. The summed E-state index contributed by atoms with van der Waals surface area (Å²) in [4.78, 5) is 26.0. The lowest BCUT2D eigenvalue weighted by atomic mass is 10.1. The molecule has 0 fully saturated rings. The second-order valence-corrected chi connectivity index (χ2v) is 5.00. The molecular formula is C15H22N2O4. The van der Waals surface area contributed by atoms with Gasteiger partial charge in [0.25, 0.3) is 0 Å². The van der Waals surface area contributed by atoms with Gasteiger partial charge in [-0.05, 0) is 37.1 Å². The summed E-state index contributed by atoms with van der Waals surface area (Å²) in [6.45, 7) is 4.08. The summed E-state index contributed by atoms with van der Waals surface area (Å²) >= 11 is 0. The fraction of sp³-hybridized carbons (Fsp3) is 0.467. The minimum atomic E-state index is -1.05. The fourth-order valence-corrected chi connectivity index (χ4v) is 2.07. The molecule has 0 radical (unpaired) electrons. The van der Waals surface area contributed by atoms with Crippen molar-refractivity contribution in [2.45, 2.75) is 13.8 Å². The lowest BCUT2D eigenvalue weighted by Crippen LogP contribution is -2.45. The highest BCUT2D eigenvalue weighted by atomic mass is 16.5. The first-order valence-corrected chi connectivity index (χ1v) is 6.66. The molecule has 1 rings (SSSR count). The number of carbonyl (C=O) groups is 2. The second kappa shape index (κ2) is 7.64. The number of hydrogen-bond acceptors (Lipinski definition) is 3. The van der Waals surface area contributed by atoms with Gasteiger partial charge in [-0.1, -0.05) is 6.07 Å². The molecule has 0 unspecified atom stereocenters. The number of carboxylic acid groups (broad SMARTS) is 1. The molecule has 1 aromatic rings. The van der Waals surface area contributed by atoms with E-state index in [9.17, 15) is 9.59 Å². The van der Waals surface area contributed by atoms with Crippen molar-refractivity contribution in [3.05, 3.63) is 29.3 Å². The number of nitrogens with zero attached hydrogens (tertiary/aromatic N) is 2. The highest BCUT2D eigenvalue weighted by Gasteiger charge is 2.21. The SMILES string of the molecule is COCCN(CC(=O)O)C(=O)N(C)c1cc(C)cc(C)c1. The van der Waals surface area contributed by atoms with Crippen molar-refractivity contribution in [1.82, 2.24) is 4.90 Å². The molecule has 1 aromatic carbocycles. The smallest absolute Gasteiger partial charge is 0.324 e. The summed E-state index contributed by atoms with van der Waals surface area (Å²) in [7, 11) is 3.15. The van der Waals surface area contributed by atoms with Gasteiger partial charge in [0, 0.05) is 26.4 Å². The Labute approximate surface area is 124 Å². The molecule has 0 saturated heterocycles. The number of aliphatic carboxylic acids is 1. The van der Waals surface area contributed by atoms with E-state index in [-0.39, 0.29) is 19.1 Å². The van der Waals surface area contributed by atoms with Crippen LogP contribution in [-0.4, -0.2) is 55.9 Å². The van der Waals surface area contributed by atoms with Gasteiger partial charge in [-0.3, -0.25) is 9.69 Å². The third-order valence-corrected chi connectivity index (χ3v) is 3.04. The predicted octanol–water partition coefficient (Wildman–Crippen LogP) is 1.89. The predicted molar refractivity (Wildman–Crippen MR) is 80.8 cm³/mol. The van der Waals surface area contributed by atoms with E-state index in [0.717, 1.165) is 16.8 Å². The standard InChI is InChI=1S/C15H22N2O4/c1-11-7-12(2)9-13(8-11)16(3)15(20)17(5-6-21-4)10-14(18)19/h7-9H,5-6,10H2,1-4H3,(H,18,19). The summed E-state index contributed by atoms with van der Waals surface area (Å²) in [5.74, 6) is -1.05. The average molecular weight is 294 g/mol. The highest BCUT2D eigenvalue weighted by Crippen LogP contribution is 2.18. The lowest BCUT2D eigenvalue weighted by molar-refractivity contribution is -0.137. The van der Waals surface area contributed by atoms with Crippen molar-refractivity contribution in [2.75, 3.05) is 38.8 Å². The molecule has 116 valence electrons. The third kappa shape index (κ3) is 5.07. The van der Waals surface area contributed by atoms with Crippen molar-refractivity contribution < 1.29 is 19.4 Å². The number of ether oxygens (including phenoxy) is 1. The van der Waals surface area contributed by atoms with Gasteiger partial charge < -0.3 is 14.7 Å². The van der Waals surface area contributed by atoms with Gasteiger partial charge in [0.2, 0.25) is 0 Å². The first kappa shape index (κ1) is 17.0. The van der Waals surface area contributed by atoms with E-state index in [1.54, 1.807) is 7.05 Å². The van der Waals surface area contributed by atoms with Crippen LogP contribution in [0.4, 0.5) is 10.5 Å². The Bertz CT molecular complexity index is 496. The first-order valence-electron chi connectivity index (χ1n) is 6.66. The molecule has 2 amide bonds. The number of rotatable bonds is 6. The number of carbonyl (C=O) groups excluding carboxylic acids is 1. The number of benzene rings is 1. The highest BCUT2D eigenvalue weighted by molar-refractivity contribution is 5.93. The molecule has 1 N–H and O–H groups in total.